The number of rotatable bonds is 11. The second kappa shape index (κ2) is 11.5. The molecule has 0 aromatic heterocycles. The molecule has 0 spiro atoms. The predicted octanol–water partition coefficient (Wildman–Crippen LogP) is 1.78. The molecule has 0 atom stereocenters. The summed E-state index contributed by atoms with van der Waals surface area (Å²) in [7, 11) is -0.794. The average molecular weight is 464 g/mol. The van der Waals surface area contributed by atoms with Gasteiger partial charge < -0.3 is 20.1 Å². The molecule has 0 bridgehead atoms. The highest BCUT2D eigenvalue weighted by Gasteiger charge is 2.24. The highest BCUT2D eigenvalue weighted by Crippen LogP contribution is 2.24. The molecule has 0 aliphatic rings. The number of methoxy groups -OCH3 is 2. The number of ether oxygens (including phenoxy) is 2. The first-order chi connectivity index (χ1) is 15.3. The molecule has 2 aromatic carbocycles. The van der Waals surface area contributed by atoms with Crippen LogP contribution in [0.5, 0.6) is 11.5 Å². The zero-order chi connectivity index (χ0) is 23.7. The second-order valence-corrected chi connectivity index (χ2v) is 8.70. The first-order valence-electron chi connectivity index (χ1n) is 10.1. The van der Waals surface area contributed by atoms with Crippen molar-refractivity contribution in [3.8, 4) is 11.5 Å². The van der Waals surface area contributed by atoms with Gasteiger partial charge in [-0.2, -0.15) is 4.31 Å². The smallest absolute Gasteiger partial charge is 0.255 e. The molecule has 2 aromatic rings. The van der Waals surface area contributed by atoms with E-state index in [1.807, 2.05) is 12.1 Å². The van der Waals surface area contributed by atoms with E-state index in [4.69, 9.17) is 9.47 Å². The Labute approximate surface area is 188 Å². The summed E-state index contributed by atoms with van der Waals surface area (Å²) in [6, 6.07) is 11.3. The quantitative estimate of drug-likeness (QED) is 0.525. The molecule has 0 saturated carbocycles. The Morgan fingerprint density at radius 1 is 0.938 bits per heavy atom. The lowest BCUT2D eigenvalue weighted by atomic mass is 10.2. The lowest BCUT2D eigenvalue weighted by molar-refractivity contribution is -0.120. The Balaban J connectivity index is 2.05. The lowest BCUT2D eigenvalue weighted by Gasteiger charge is -2.19. The van der Waals surface area contributed by atoms with E-state index < -0.39 is 15.9 Å². The average Bonchev–Trinajstić information content (AvgIpc) is 2.81. The van der Waals surface area contributed by atoms with Crippen LogP contribution in [0.15, 0.2) is 47.4 Å². The van der Waals surface area contributed by atoms with Crippen molar-refractivity contribution in [2.45, 2.75) is 25.3 Å². The number of carbonyl (C=O) groups excluding carboxylic acids is 2. The van der Waals surface area contributed by atoms with Crippen LogP contribution < -0.4 is 20.1 Å². The van der Waals surface area contributed by atoms with Crippen molar-refractivity contribution in [1.29, 1.82) is 0 Å². The third-order valence-electron chi connectivity index (χ3n) is 4.82. The number of benzene rings is 2. The molecule has 2 amide bonds. The van der Waals surface area contributed by atoms with Crippen molar-refractivity contribution in [2.75, 3.05) is 33.9 Å². The Morgan fingerprint density at radius 2 is 1.59 bits per heavy atom. The molecule has 0 aliphatic carbocycles. The van der Waals surface area contributed by atoms with Crippen LogP contribution in [0.1, 0.15) is 29.8 Å². The minimum Gasteiger partial charge on any atom is -0.497 e. The Kier molecular flexibility index (Phi) is 9.03. The van der Waals surface area contributed by atoms with Crippen molar-refractivity contribution in [3.63, 3.8) is 0 Å². The number of hydrogen-bond acceptors (Lipinski definition) is 6. The number of amides is 2. The van der Waals surface area contributed by atoms with Gasteiger partial charge in [0.2, 0.25) is 15.9 Å². The monoisotopic (exact) mass is 463 g/mol. The summed E-state index contributed by atoms with van der Waals surface area (Å²) in [5, 5.41) is 5.21. The van der Waals surface area contributed by atoms with Gasteiger partial charge in [-0.15, -0.1) is 0 Å². The Bertz CT molecular complexity index is 1030. The maximum atomic E-state index is 12.8. The topological polar surface area (TPSA) is 114 Å². The van der Waals surface area contributed by atoms with Crippen molar-refractivity contribution in [2.24, 2.45) is 0 Å². The van der Waals surface area contributed by atoms with E-state index in [-0.39, 0.29) is 28.7 Å². The zero-order valence-electron chi connectivity index (χ0n) is 18.7. The number of nitrogens with zero attached hydrogens (tertiary/aromatic N) is 1. The van der Waals surface area contributed by atoms with E-state index in [2.05, 4.69) is 10.6 Å². The van der Waals surface area contributed by atoms with Crippen LogP contribution in [0.25, 0.3) is 0 Å². The Morgan fingerprint density at radius 3 is 2.16 bits per heavy atom. The summed E-state index contributed by atoms with van der Waals surface area (Å²) in [6.07, 6.45) is 0. The summed E-state index contributed by atoms with van der Waals surface area (Å²) in [6.45, 7) is 4.11. The molecule has 0 unspecified atom stereocenters. The van der Waals surface area contributed by atoms with Gasteiger partial charge in [0.1, 0.15) is 11.5 Å². The van der Waals surface area contributed by atoms with Gasteiger partial charge in [-0.05, 0) is 35.9 Å². The van der Waals surface area contributed by atoms with Crippen LogP contribution in [0.3, 0.4) is 0 Å². The second-order valence-electron chi connectivity index (χ2n) is 6.76. The van der Waals surface area contributed by atoms with Crippen LogP contribution in [0, 0.1) is 0 Å². The highest BCUT2D eigenvalue weighted by atomic mass is 32.2. The van der Waals surface area contributed by atoms with Crippen molar-refractivity contribution in [3.05, 3.63) is 53.6 Å². The first kappa shape index (κ1) is 25.2. The van der Waals surface area contributed by atoms with E-state index in [1.54, 1.807) is 33.1 Å². The SMILES string of the molecule is CCN(CC)S(=O)(=O)c1ccc(OC)c(C(=O)NCC(=O)NCc2ccc(OC)cc2)c1. The van der Waals surface area contributed by atoms with E-state index in [0.717, 1.165) is 5.56 Å². The summed E-state index contributed by atoms with van der Waals surface area (Å²) in [4.78, 5) is 24.8. The molecule has 2 N–H and O–H groups in total. The number of nitrogens with one attached hydrogen (secondary N) is 2. The molecule has 0 saturated heterocycles. The fourth-order valence-corrected chi connectivity index (χ4v) is 4.48. The van der Waals surface area contributed by atoms with Gasteiger partial charge in [-0.3, -0.25) is 9.59 Å². The third-order valence-corrected chi connectivity index (χ3v) is 6.86. The van der Waals surface area contributed by atoms with Gasteiger partial charge in [0.25, 0.3) is 5.91 Å². The van der Waals surface area contributed by atoms with Crippen molar-refractivity contribution >= 4 is 21.8 Å². The van der Waals surface area contributed by atoms with Gasteiger partial charge in [0, 0.05) is 19.6 Å². The van der Waals surface area contributed by atoms with Gasteiger partial charge in [-0.1, -0.05) is 26.0 Å². The molecule has 0 aliphatic heterocycles. The van der Waals surface area contributed by atoms with Gasteiger partial charge >= 0.3 is 0 Å². The normalized spacial score (nSPS) is 11.2. The van der Waals surface area contributed by atoms with Crippen molar-refractivity contribution < 1.29 is 27.5 Å². The summed E-state index contributed by atoms with van der Waals surface area (Å²) >= 11 is 0. The molecule has 0 heterocycles. The largest absolute Gasteiger partial charge is 0.497 e. The fourth-order valence-electron chi connectivity index (χ4n) is 3.00. The van der Waals surface area contributed by atoms with Gasteiger partial charge in [-0.25, -0.2) is 8.42 Å². The number of sulfonamides is 1. The maximum Gasteiger partial charge on any atom is 0.255 e. The van der Waals surface area contributed by atoms with E-state index in [9.17, 15) is 18.0 Å². The summed E-state index contributed by atoms with van der Waals surface area (Å²) < 4.78 is 37.1. The fraction of sp³-hybridized carbons (Fsp3) is 0.364. The minimum atomic E-state index is -3.75. The summed E-state index contributed by atoms with van der Waals surface area (Å²) in [5.74, 6) is -0.0794. The summed E-state index contributed by atoms with van der Waals surface area (Å²) in [5.41, 5.74) is 0.908. The first-order valence-corrected chi connectivity index (χ1v) is 11.6. The third kappa shape index (κ3) is 6.21. The number of hydrogen-bond donors (Lipinski definition) is 2. The van der Waals surface area contributed by atoms with Crippen LogP contribution in [0.4, 0.5) is 0 Å². The lowest BCUT2D eigenvalue weighted by Crippen LogP contribution is -2.37. The predicted molar refractivity (Wildman–Crippen MR) is 120 cm³/mol. The van der Waals surface area contributed by atoms with Crippen LogP contribution in [-0.2, 0) is 21.4 Å². The van der Waals surface area contributed by atoms with Crippen molar-refractivity contribution in [1.82, 2.24) is 14.9 Å². The van der Waals surface area contributed by atoms with E-state index in [1.165, 1.54) is 29.6 Å². The molecule has 0 fully saturated rings. The molecular formula is C22H29N3O6S. The van der Waals surface area contributed by atoms with Crippen LogP contribution in [0.2, 0.25) is 0 Å². The van der Waals surface area contributed by atoms with E-state index in [0.29, 0.717) is 25.4 Å². The maximum absolute atomic E-state index is 12.8. The molecule has 0 radical (unpaired) electrons. The minimum absolute atomic E-state index is 0.0175. The molecule has 174 valence electrons. The highest BCUT2D eigenvalue weighted by molar-refractivity contribution is 7.89. The molecule has 32 heavy (non-hydrogen) atoms. The zero-order valence-corrected chi connectivity index (χ0v) is 19.5. The number of carbonyl (C=O) groups is 2. The standard InChI is InChI=1S/C22H29N3O6S/c1-5-25(6-2)32(28,29)18-11-12-20(31-4)19(13-18)22(27)24-15-21(26)23-14-16-7-9-17(30-3)10-8-16/h7-13H,5-6,14-15H2,1-4H3,(H,23,26)(H,24,27). The van der Waals surface area contributed by atoms with Crippen LogP contribution >= 0.6 is 0 Å². The van der Waals surface area contributed by atoms with Crippen LogP contribution in [-0.4, -0.2) is 58.4 Å². The molecule has 10 heteroatoms. The van der Waals surface area contributed by atoms with E-state index >= 15 is 0 Å². The Hall–Kier alpha value is -3.11. The van der Waals surface area contributed by atoms with Gasteiger partial charge in [0.15, 0.2) is 0 Å². The molecule has 2 rings (SSSR count). The molecule has 9 nitrogen and oxygen atoms in total. The van der Waals surface area contributed by atoms with Gasteiger partial charge in [0.05, 0.1) is 31.2 Å². The molecular weight excluding hydrogens is 434 g/mol.